The molecule has 1 aliphatic rings. The monoisotopic (exact) mass is 340 g/mol. The van der Waals surface area contributed by atoms with Gasteiger partial charge in [0.25, 0.3) is 0 Å². The second-order valence-corrected chi connectivity index (χ2v) is 6.37. The second-order valence-electron chi connectivity index (χ2n) is 5.46. The van der Waals surface area contributed by atoms with E-state index in [2.05, 4.69) is 26.6 Å². The molecule has 0 unspecified atom stereocenters. The molecule has 4 nitrogen and oxygen atoms in total. The van der Waals surface area contributed by atoms with E-state index in [0.29, 0.717) is 5.92 Å². The number of anilines is 1. The van der Waals surface area contributed by atoms with Gasteiger partial charge in [0.1, 0.15) is 0 Å². The molecule has 110 valence electrons. The van der Waals surface area contributed by atoms with Crippen LogP contribution in [0.2, 0.25) is 0 Å². The molecule has 2 rings (SSSR count). The minimum absolute atomic E-state index is 0.150. The molecular formula is C15H21BrN2O2. The number of carbonyl (C=O) groups is 1. The van der Waals surface area contributed by atoms with Crippen LogP contribution in [-0.4, -0.2) is 23.8 Å². The van der Waals surface area contributed by atoms with E-state index in [1.54, 1.807) is 0 Å². The lowest BCUT2D eigenvalue weighted by Gasteiger charge is -2.28. The van der Waals surface area contributed by atoms with Crippen LogP contribution in [0.1, 0.15) is 31.2 Å². The highest BCUT2D eigenvalue weighted by Gasteiger charge is 2.21. The largest absolute Gasteiger partial charge is 0.396 e. The van der Waals surface area contributed by atoms with Gasteiger partial charge in [-0.05, 0) is 62.3 Å². The van der Waals surface area contributed by atoms with Crippen LogP contribution in [0.4, 0.5) is 10.5 Å². The Morgan fingerprint density at radius 3 is 2.65 bits per heavy atom. The van der Waals surface area contributed by atoms with Crippen LogP contribution in [0.3, 0.4) is 0 Å². The minimum Gasteiger partial charge on any atom is -0.396 e. The molecule has 1 saturated carbocycles. The van der Waals surface area contributed by atoms with Gasteiger partial charge in [0.05, 0.1) is 0 Å². The lowest BCUT2D eigenvalue weighted by Crippen LogP contribution is -2.40. The van der Waals surface area contributed by atoms with E-state index in [4.69, 9.17) is 5.11 Å². The van der Waals surface area contributed by atoms with Gasteiger partial charge in [0, 0.05) is 22.8 Å². The van der Waals surface area contributed by atoms with Gasteiger partial charge in [-0.15, -0.1) is 0 Å². The normalized spacial score (nSPS) is 22.4. The van der Waals surface area contributed by atoms with Crippen LogP contribution in [0.15, 0.2) is 22.7 Å². The Morgan fingerprint density at radius 2 is 2.05 bits per heavy atom. The summed E-state index contributed by atoms with van der Waals surface area (Å²) in [5, 5.41) is 15.0. The van der Waals surface area contributed by atoms with Crippen LogP contribution >= 0.6 is 15.9 Å². The summed E-state index contributed by atoms with van der Waals surface area (Å²) in [6, 6.07) is 5.84. The summed E-state index contributed by atoms with van der Waals surface area (Å²) in [4.78, 5) is 12.0. The summed E-state index contributed by atoms with van der Waals surface area (Å²) in [6.07, 6.45) is 3.85. The van der Waals surface area contributed by atoms with Gasteiger partial charge in [-0.2, -0.15) is 0 Å². The predicted octanol–water partition coefficient (Wildman–Crippen LogP) is 3.43. The minimum atomic E-state index is -0.150. The van der Waals surface area contributed by atoms with Gasteiger partial charge in [-0.1, -0.05) is 15.9 Å². The van der Waals surface area contributed by atoms with Crippen molar-refractivity contribution in [2.45, 2.75) is 38.6 Å². The number of hydrogen-bond acceptors (Lipinski definition) is 2. The van der Waals surface area contributed by atoms with Gasteiger partial charge in [-0.3, -0.25) is 0 Å². The number of rotatable bonds is 3. The average molecular weight is 341 g/mol. The van der Waals surface area contributed by atoms with Gasteiger partial charge in [0.2, 0.25) is 0 Å². The number of benzene rings is 1. The number of hydrogen-bond donors (Lipinski definition) is 3. The van der Waals surface area contributed by atoms with E-state index in [1.807, 2.05) is 25.1 Å². The lowest BCUT2D eigenvalue weighted by molar-refractivity contribution is 0.176. The quantitative estimate of drug-likeness (QED) is 0.789. The highest BCUT2D eigenvalue weighted by atomic mass is 79.9. The summed E-state index contributed by atoms with van der Waals surface area (Å²) < 4.78 is 1.00. The molecule has 0 atom stereocenters. The Balaban J connectivity index is 1.84. The SMILES string of the molecule is Cc1cc(Br)ccc1NC(=O)NC1CCC(CO)CC1. The fraction of sp³-hybridized carbons (Fsp3) is 0.533. The van der Waals surface area contributed by atoms with Gasteiger partial charge in [-0.25, -0.2) is 4.79 Å². The first-order chi connectivity index (χ1) is 9.58. The molecule has 3 N–H and O–H groups in total. The molecule has 5 heteroatoms. The fourth-order valence-corrected chi connectivity index (χ4v) is 3.08. The third-order valence-corrected chi connectivity index (χ3v) is 4.37. The number of halogens is 1. The fourth-order valence-electron chi connectivity index (χ4n) is 2.60. The van der Waals surface area contributed by atoms with Crippen LogP contribution in [0, 0.1) is 12.8 Å². The van der Waals surface area contributed by atoms with E-state index in [-0.39, 0.29) is 18.7 Å². The first-order valence-corrected chi connectivity index (χ1v) is 7.82. The number of nitrogens with one attached hydrogen (secondary N) is 2. The molecule has 1 aliphatic carbocycles. The third kappa shape index (κ3) is 4.21. The summed E-state index contributed by atoms with van der Waals surface area (Å²) in [7, 11) is 0. The van der Waals surface area contributed by atoms with E-state index < -0.39 is 0 Å². The molecule has 0 spiro atoms. The number of carbonyl (C=O) groups excluding carboxylic acids is 1. The molecule has 2 amide bonds. The van der Waals surface area contributed by atoms with E-state index in [9.17, 15) is 4.79 Å². The zero-order valence-corrected chi connectivity index (χ0v) is 13.2. The van der Waals surface area contributed by atoms with Crippen molar-refractivity contribution in [3.05, 3.63) is 28.2 Å². The maximum absolute atomic E-state index is 12.0. The summed E-state index contributed by atoms with van der Waals surface area (Å²) in [6.45, 7) is 2.23. The molecule has 1 aromatic carbocycles. The molecule has 0 aromatic heterocycles. The van der Waals surface area contributed by atoms with Gasteiger partial charge < -0.3 is 15.7 Å². The topological polar surface area (TPSA) is 61.4 Å². The van der Waals surface area contributed by atoms with Crippen molar-refractivity contribution >= 4 is 27.6 Å². The van der Waals surface area contributed by atoms with Crippen molar-refractivity contribution < 1.29 is 9.90 Å². The first-order valence-electron chi connectivity index (χ1n) is 7.03. The van der Waals surface area contributed by atoms with Crippen LogP contribution in [0.5, 0.6) is 0 Å². The maximum atomic E-state index is 12.0. The van der Waals surface area contributed by atoms with Gasteiger partial charge in [0.15, 0.2) is 0 Å². The Hall–Kier alpha value is -1.07. The van der Waals surface area contributed by atoms with Crippen molar-refractivity contribution in [1.29, 1.82) is 0 Å². The average Bonchev–Trinajstić information content (AvgIpc) is 2.43. The molecule has 20 heavy (non-hydrogen) atoms. The number of aliphatic hydroxyl groups is 1. The van der Waals surface area contributed by atoms with Crippen LogP contribution < -0.4 is 10.6 Å². The van der Waals surface area contributed by atoms with E-state index in [1.165, 1.54) is 0 Å². The van der Waals surface area contributed by atoms with Crippen LogP contribution in [0.25, 0.3) is 0 Å². The Labute approximate surface area is 128 Å². The molecule has 0 bridgehead atoms. The van der Waals surface area contributed by atoms with Crippen LogP contribution in [-0.2, 0) is 0 Å². The first kappa shape index (κ1) is 15.3. The number of aryl methyl sites for hydroxylation is 1. The molecule has 1 fully saturated rings. The summed E-state index contributed by atoms with van der Waals surface area (Å²) in [5.74, 6) is 0.407. The van der Waals surface area contributed by atoms with Crippen molar-refractivity contribution in [1.82, 2.24) is 5.32 Å². The highest BCUT2D eigenvalue weighted by molar-refractivity contribution is 9.10. The van der Waals surface area contributed by atoms with E-state index >= 15 is 0 Å². The van der Waals surface area contributed by atoms with Crippen molar-refractivity contribution in [2.75, 3.05) is 11.9 Å². The summed E-state index contributed by atoms with van der Waals surface area (Å²) in [5.41, 5.74) is 1.85. The number of urea groups is 1. The Morgan fingerprint density at radius 1 is 1.35 bits per heavy atom. The van der Waals surface area contributed by atoms with E-state index in [0.717, 1.165) is 41.4 Å². The number of aliphatic hydroxyl groups excluding tert-OH is 1. The molecule has 0 radical (unpaired) electrons. The van der Waals surface area contributed by atoms with Crippen molar-refractivity contribution in [2.24, 2.45) is 5.92 Å². The molecule has 0 aliphatic heterocycles. The Kier molecular flexibility index (Phi) is 5.43. The molecule has 1 aromatic rings. The molecule has 0 saturated heterocycles. The summed E-state index contributed by atoms with van der Waals surface area (Å²) >= 11 is 3.41. The molecular weight excluding hydrogens is 320 g/mol. The molecule has 0 heterocycles. The zero-order valence-electron chi connectivity index (χ0n) is 11.7. The predicted molar refractivity (Wildman–Crippen MR) is 83.9 cm³/mol. The number of amides is 2. The van der Waals surface area contributed by atoms with Gasteiger partial charge >= 0.3 is 6.03 Å². The second kappa shape index (κ2) is 7.09. The smallest absolute Gasteiger partial charge is 0.319 e. The third-order valence-electron chi connectivity index (χ3n) is 3.88. The van der Waals surface area contributed by atoms with Crippen molar-refractivity contribution in [3.8, 4) is 0 Å². The highest BCUT2D eigenvalue weighted by Crippen LogP contribution is 2.24. The Bertz CT molecular complexity index is 471. The van der Waals surface area contributed by atoms with Crippen molar-refractivity contribution in [3.63, 3.8) is 0 Å². The maximum Gasteiger partial charge on any atom is 0.319 e. The standard InChI is InChI=1S/C15H21BrN2O2/c1-10-8-12(16)4-7-14(10)18-15(20)17-13-5-2-11(9-19)3-6-13/h4,7-8,11,13,19H,2-3,5-6,9H2,1H3,(H2,17,18,20). The zero-order chi connectivity index (χ0) is 14.5. The lowest BCUT2D eigenvalue weighted by atomic mass is 9.87.